The molecule has 1 aromatic carbocycles. The molecule has 6 heteroatoms. The van der Waals surface area contributed by atoms with Crippen LogP contribution in [0.5, 0.6) is 5.75 Å². The van der Waals surface area contributed by atoms with E-state index in [-0.39, 0.29) is 18.2 Å². The largest absolute Gasteiger partial charge is 0.491 e. The zero-order chi connectivity index (χ0) is 14.4. The second-order valence-electron chi connectivity index (χ2n) is 4.95. The van der Waals surface area contributed by atoms with Gasteiger partial charge in [0.15, 0.2) is 0 Å². The molecule has 0 saturated carbocycles. The summed E-state index contributed by atoms with van der Waals surface area (Å²) in [4.78, 5) is 16.7. The predicted molar refractivity (Wildman–Crippen MR) is 78.2 cm³/mol. The summed E-state index contributed by atoms with van der Waals surface area (Å²) < 4.78 is 5.69. The van der Waals surface area contributed by atoms with Crippen LogP contribution in [0.3, 0.4) is 0 Å². The summed E-state index contributed by atoms with van der Waals surface area (Å²) in [6.07, 6.45) is 0.864. The van der Waals surface area contributed by atoms with Crippen LogP contribution in [0.1, 0.15) is 13.3 Å². The summed E-state index contributed by atoms with van der Waals surface area (Å²) in [5, 5.41) is 12.2. The molecule has 1 aromatic heterocycles. The van der Waals surface area contributed by atoms with Gasteiger partial charge in [0.05, 0.1) is 12.1 Å². The molecule has 4 N–H and O–H groups in total. The molecule has 2 rings (SSSR count). The van der Waals surface area contributed by atoms with Gasteiger partial charge in [0.1, 0.15) is 11.3 Å². The molecule has 2 aromatic rings. The fourth-order valence-corrected chi connectivity index (χ4v) is 1.94. The van der Waals surface area contributed by atoms with Gasteiger partial charge in [-0.2, -0.15) is 0 Å². The third-order valence-electron chi connectivity index (χ3n) is 3.07. The Morgan fingerprint density at radius 3 is 3.05 bits per heavy atom. The first-order chi connectivity index (χ1) is 9.70. The van der Waals surface area contributed by atoms with E-state index in [0.29, 0.717) is 17.9 Å². The first-order valence-electron chi connectivity index (χ1n) is 6.86. The molecule has 1 unspecified atom stereocenters. The monoisotopic (exact) mass is 279 g/mol. The number of aromatic nitrogens is 2. The van der Waals surface area contributed by atoms with Crippen LogP contribution in [0.25, 0.3) is 11.0 Å². The first kappa shape index (κ1) is 14.6. The number of hydrogen-bond donors (Lipinski definition) is 4. The van der Waals surface area contributed by atoms with Crippen molar-refractivity contribution in [3.63, 3.8) is 0 Å². The Labute approximate surface area is 117 Å². The minimum atomic E-state index is -0.226. The Morgan fingerprint density at radius 2 is 2.25 bits per heavy atom. The summed E-state index contributed by atoms with van der Waals surface area (Å²) in [7, 11) is 0. The van der Waals surface area contributed by atoms with E-state index >= 15 is 0 Å². The van der Waals surface area contributed by atoms with E-state index in [2.05, 4.69) is 15.3 Å². The molecule has 0 spiro atoms. The van der Waals surface area contributed by atoms with Crippen molar-refractivity contribution in [3.05, 3.63) is 28.7 Å². The van der Waals surface area contributed by atoms with E-state index in [4.69, 9.17) is 9.84 Å². The molecular weight excluding hydrogens is 258 g/mol. The lowest BCUT2D eigenvalue weighted by atomic mass is 10.2. The summed E-state index contributed by atoms with van der Waals surface area (Å²) >= 11 is 0. The number of rotatable bonds is 8. The van der Waals surface area contributed by atoms with Crippen molar-refractivity contribution in [2.75, 3.05) is 26.3 Å². The van der Waals surface area contributed by atoms with E-state index < -0.39 is 0 Å². The van der Waals surface area contributed by atoms with Gasteiger partial charge in [-0.25, -0.2) is 4.79 Å². The summed E-state index contributed by atoms with van der Waals surface area (Å²) in [6.45, 7) is 4.41. The number of para-hydroxylation sites is 1. The highest BCUT2D eigenvalue weighted by Crippen LogP contribution is 2.20. The van der Waals surface area contributed by atoms with Crippen LogP contribution in [0.15, 0.2) is 23.0 Å². The fourth-order valence-electron chi connectivity index (χ4n) is 1.94. The minimum absolute atomic E-state index is 0.201. The normalized spacial score (nSPS) is 12.7. The Morgan fingerprint density at radius 1 is 1.40 bits per heavy atom. The zero-order valence-corrected chi connectivity index (χ0v) is 11.6. The molecule has 110 valence electrons. The molecule has 0 aliphatic rings. The van der Waals surface area contributed by atoms with E-state index in [1.165, 1.54) is 0 Å². The Balaban J connectivity index is 1.77. The number of ether oxygens (including phenoxy) is 1. The van der Waals surface area contributed by atoms with E-state index in [1.807, 2.05) is 25.1 Å². The van der Waals surface area contributed by atoms with Crippen LogP contribution < -0.4 is 15.7 Å². The van der Waals surface area contributed by atoms with Gasteiger partial charge >= 0.3 is 5.69 Å². The van der Waals surface area contributed by atoms with Gasteiger partial charge in [0, 0.05) is 6.61 Å². The van der Waals surface area contributed by atoms with Gasteiger partial charge in [-0.1, -0.05) is 13.0 Å². The highest BCUT2D eigenvalue weighted by atomic mass is 16.5. The standard InChI is InChI=1S/C14H21N3O3/c1-10(9-18)8-15-6-3-7-20-12-5-2-4-11-13(12)17-14(19)16-11/h2,4-5,10,15,18H,3,6-9H2,1H3,(H2,16,17,19). The number of hydrogen-bond acceptors (Lipinski definition) is 4. The summed E-state index contributed by atoms with van der Waals surface area (Å²) in [5.41, 5.74) is 1.23. The number of aliphatic hydroxyl groups excluding tert-OH is 1. The average molecular weight is 279 g/mol. The van der Waals surface area contributed by atoms with Gasteiger partial charge in [-0.15, -0.1) is 0 Å². The maximum Gasteiger partial charge on any atom is 0.323 e. The average Bonchev–Trinajstić information content (AvgIpc) is 2.83. The van der Waals surface area contributed by atoms with Crippen molar-refractivity contribution in [2.45, 2.75) is 13.3 Å². The van der Waals surface area contributed by atoms with Crippen molar-refractivity contribution in [1.82, 2.24) is 15.3 Å². The third-order valence-corrected chi connectivity index (χ3v) is 3.07. The van der Waals surface area contributed by atoms with Gasteiger partial charge in [0.25, 0.3) is 0 Å². The van der Waals surface area contributed by atoms with Gasteiger partial charge in [0.2, 0.25) is 0 Å². The third kappa shape index (κ3) is 3.85. The lowest BCUT2D eigenvalue weighted by Crippen LogP contribution is -2.25. The van der Waals surface area contributed by atoms with Crippen molar-refractivity contribution >= 4 is 11.0 Å². The molecule has 0 fully saturated rings. The highest BCUT2D eigenvalue weighted by molar-refractivity contribution is 5.80. The van der Waals surface area contributed by atoms with Crippen LogP contribution in [0.2, 0.25) is 0 Å². The smallest absolute Gasteiger partial charge is 0.323 e. The molecule has 0 saturated heterocycles. The molecule has 1 heterocycles. The number of benzene rings is 1. The molecule has 1 atom stereocenters. The molecule has 0 amide bonds. The Kier molecular flexibility index (Phi) is 5.20. The molecule has 0 aliphatic carbocycles. The van der Waals surface area contributed by atoms with Crippen LogP contribution in [-0.2, 0) is 0 Å². The molecule has 6 nitrogen and oxygen atoms in total. The molecular formula is C14H21N3O3. The Hall–Kier alpha value is -1.79. The van der Waals surface area contributed by atoms with Gasteiger partial charge in [-0.3, -0.25) is 0 Å². The summed E-state index contributed by atoms with van der Waals surface area (Å²) in [5.74, 6) is 0.958. The van der Waals surface area contributed by atoms with Crippen LogP contribution in [0, 0.1) is 5.92 Å². The predicted octanol–water partition coefficient (Wildman–Crippen LogP) is 0.843. The lowest BCUT2D eigenvalue weighted by Gasteiger charge is -2.10. The highest BCUT2D eigenvalue weighted by Gasteiger charge is 2.05. The maximum atomic E-state index is 11.3. The lowest BCUT2D eigenvalue weighted by molar-refractivity contribution is 0.232. The second-order valence-corrected chi connectivity index (χ2v) is 4.95. The molecule has 20 heavy (non-hydrogen) atoms. The van der Waals surface area contributed by atoms with Crippen LogP contribution >= 0.6 is 0 Å². The van der Waals surface area contributed by atoms with Crippen molar-refractivity contribution in [2.24, 2.45) is 5.92 Å². The van der Waals surface area contributed by atoms with Crippen LogP contribution in [0.4, 0.5) is 0 Å². The SMILES string of the molecule is CC(CO)CNCCCOc1cccc2[nH]c(=O)[nH]c12. The molecule has 0 bridgehead atoms. The van der Waals surface area contributed by atoms with Gasteiger partial charge < -0.3 is 25.1 Å². The van der Waals surface area contributed by atoms with Crippen molar-refractivity contribution in [1.29, 1.82) is 0 Å². The number of aliphatic hydroxyl groups is 1. The topological polar surface area (TPSA) is 90.1 Å². The van der Waals surface area contributed by atoms with E-state index in [1.54, 1.807) is 0 Å². The minimum Gasteiger partial charge on any atom is -0.491 e. The summed E-state index contributed by atoms with van der Waals surface area (Å²) in [6, 6.07) is 5.52. The first-order valence-corrected chi connectivity index (χ1v) is 6.86. The van der Waals surface area contributed by atoms with Crippen molar-refractivity contribution in [3.8, 4) is 5.75 Å². The van der Waals surface area contributed by atoms with E-state index in [9.17, 15) is 4.79 Å². The van der Waals surface area contributed by atoms with Crippen molar-refractivity contribution < 1.29 is 9.84 Å². The maximum absolute atomic E-state index is 11.3. The number of aromatic amines is 2. The van der Waals surface area contributed by atoms with Gasteiger partial charge in [-0.05, 0) is 37.6 Å². The second kappa shape index (κ2) is 7.12. The molecule has 0 aliphatic heterocycles. The van der Waals surface area contributed by atoms with Crippen LogP contribution in [-0.4, -0.2) is 41.4 Å². The Bertz CT molecular complexity index is 591. The quantitative estimate of drug-likeness (QED) is 0.539. The number of imidazole rings is 1. The fraction of sp³-hybridized carbons (Fsp3) is 0.500. The number of nitrogens with one attached hydrogen (secondary N) is 3. The molecule has 0 radical (unpaired) electrons. The number of fused-ring (bicyclic) bond motifs is 1. The van der Waals surface area contributed by atoms with E-state index in [0.717, 1.165) is 25.0 Å². The number of H-pyrrole nitrogens is 2. The zero-order valence-electron chi connectivity index (χ0n) is 11.6.